The van der Waals surface area contributed by atoms with Crippen molar-refractivity contribution in [1.82, 2.24) is 5.32 Å². The summed E-state index contributed by atoms with van der Waals surface area (Å²) < 4.78 is 23.6. The molecule has 9 heteroatoms. The van der Waals surface area contributed by atoms with E-state index in [1.54, 1.807) is 6.08 Å². The Hall–Kier alpha value is -1.54. The molecular formula is C52H100N2O6P+. The van der Waals surface area contributed by atoms with Crippen LogP contribution in [0, 0.1) is 0 Å². The number of aliphatic hydroxyl groups is 1. The van der Waals surface area contributed by atoms with E-state index in [1.165, 1.54) is 148 Å². The molecule has 0 aliphatic carbocycles. The number of allylic oxidation sites excluding steroid dienone is 7. The van der Waals surface area contributed by atoms with Crippen LogP contribution in [0.2, 0.25) is 0 Å². The Balaban J connectivity index is 4.40. The Bertz CT molecular complexity index is 1130. The van der Waals surface area contributed by atoms with Crippen molar-refractivity contribution in [3.63, 3.8) is 0 Å². The van der Waals surface area contributed by atoms with Crippen LogP contribution >= 0.6 is 7.82 Å². The molecule has 8 nitrogen and oxygen atoms in total. The van der Waals surface area contributed by atoms with Crippen LogP contribution in [0.1, 0.15) is 226 Å². The van der Waals surface area contributed by atoms with Crippen LogP contribution in [0.3, 0.4) is 0 Å². The van der Waals surface area contributed by atoms with Gasteiger partial charge < -0.3 is 19.8 Å². The van der Waals surface area contributed by atoms with Crippen molar-refractivity contribution in [2.24, 2.45) is 0 Å². The number of hydrogen-bond donors (Lipinski definition) is 3. The summed E-state index contributed by atoms with van der Waals surface area (Å²) in [6, 6.07) is -0.874. The molecule has 0 aliphatic heterocycles. The summed E-state index contributed by atoms with van der Waals surface area (Å²) in [6.45, 7) is 4.78. The number of carbonyl (C=O) groups is 1. The van der Waals surface area contributed by atoms with Gasteiger partial charge in [-0.05, 0) is 70.6 Å². The fourth-order valence-electron chi connectivity index (χ4n) is 7.19. The van der Waals surface area contributed by atoms with E-state index in [0.717, 1.165) is 57.8 Å². The van der Waals surface area contributed by atoms with E-state index >= 15 is 0 Å². The fraction of sp³-hybridized carbons (Fsp3) is 0.827. The third kappa shape index (κ3) is 46.3. The van der Waals surface area contributed by atoms with Crippen molar-refractivity contribution in [2.75, 3.05) is 40.9 Å². The largest absolute Gasteiger partial charge is 0.472 e. The molecule has 61 heavy (non-hydrogen) atoms. The standard InChI is InChI=1S/C52H99N2O6P/c1-6-8-10-12-14-16-18-20-22-24-25-26-27-28-29-30-31-33-35-37-39-41-43-45-51(55)50(49-60-61(57,58)59-48-47-54(3,4)5)53-52(56)46-44-42-40-38-36-34-32-23-21-19-17-15-13-11-9-7-2/h23,29-30,32,35,37,43,45,50-51,55H,6-22,24-28,31,33-34,36,38-42,44,46-49H2,1-5H3,(H-,53,56,57,58)/p+1/b30-29+,32-23-,37-35+,45-43+. The zero-order chi connectivity index (χ0) is 45.0. The van der Waals surface area contributed by atoms with E-state index in [1.807, 2.05) is 27.2 Å². The first kappa shape index (κ1) is 59.5. The molecule has 3 unspecified atom stereocenters. The van der Waals surface area contributed by atoms with Crippen LogP contribution in [0.5, 0.6) is 0 Å². The van der Waals surface area contributed by atoms with Crippen LogP contribution in [-0.2, 0) is 18.4 Å². The maximum absolute atomic E-state index is 12.9. The molecule has 0 spiro atoms. The Labute approximate surface area is 378 Å². The highest BCUT2D eigenvalue weighted by Crippen LogP contribution is 2.43. The molecule has 3 N–H and O–H groups in total. The van der Waals surface area contributed by atoms with E-state index in [4.69, 9.17) is 9.05 Å². The third-order valence-electron chi connectivity index (χ3n) is 11.2. The molecule has 0 fully saturated rings. The van der Waals surface area contributed by atoms with E-state index in [-0.39, 0.29) is 19.1 Å². The monoisotopic (exact) mass is 880 g/mol. The zero-order valence-electron chi connectivity index (χ0n) is 40.7. The lowest BCUT2D eigenvalue weighted by atomic mass is 10.0. The van der Waals surface area contributed by atoms with Gasteiger partial charge in [-0.1, -0.05) is 197 Å². The van der Waals surface area contributed by atoms with Gasteiger partial charge in [0.15, 0.2) is 0 Å². The second kappa shape index (κ2) is 43.7. The third-order valence-corrected chi connectivity index (χ3v) is 12.2. The molecule has 0 heterocycles. The Morgan fingerprint density at radius 2 is 0.902 bits per heavy atom. The van der Waals surface area contributed by atoms with Crippen molar-refractivity contribution < 1.29 is 32.9 Å². The number of likely N-dealkylation sites (N-methyl/N-ethyl adjacent to an activating group) is 1. The Morgan fingerprint density at radius 3 is 1.31 bits per heavy atom. The predicted octanol–water partition coefficient (Wildman–Crippen LogP) is 14.8. The summed E-state index contributed by atoms with van der Waals surface area (Å²) in [7, 11) is 1.54. The SMILES string of the molecule is CCCCCCCCC/C=C\CCCCCCCC(=O)NC(COP(=O)(O)OCC[N+](C)(C)C)C(O)/C=C/CC/C=C/CC/C=C/CCCCCCCCCCCCCCC. The van der Waals surface area contributed by atoms with Crippen LogP contribution in [0.15, 0.2) is 48.6 Å². The molecule has 0 radical (unpaired) electrons. The number of unbranched alkanes of at least 4 members (excludes halogenated alkanes) is 27. The quantitative estimate of drug-likeness (QED) is 0.0243. The molecule has 0 bridgehead atoms. The van der Waals surface area contributed by atoms with Crippen LogP contribution in [0.4, 0.5) is 0 Å². The fourth-order valence-corrected chi connectivity index (χ4v) is 7.92. The minimum Gasteiger partial charge on any atom is -0.387 e. The lowest BCUT2D eigenvalue weighted by Gasteiger charge is -2.25. The lowest BCUT2D eigenvalue weighted by molar-refractivity contribution is -0.870. The average molecular weight is 880 g/mol. The lowest BCUT2D eigenvalue weighted by Crippen LogP contribution is -2.45. The Kier molecular flexibility index (Phi) is 42.6. The molecule has 0 rings (SSSR count). The van der Waals surface area contributed by atoms with E-state index < -0.39 is 20.0 Å². The Morgan fingerprint density at radius 1 is 0.541 bits per heavy atom. The van der Waals surface area contributed by atoms with Crippen LogP contribution in [0.25, 0.3) is 0 Å². The van der Waals surface area contributed by atoms with Gasteiger partial charge in [0.2, 0.25) is 5.91 Å². The second-order valence-corrected chi connectivity index (χ2v) is 20.0. The summed E-state index contributed by atoms with van der Waals surface area (Å²) >= 11 is 0. The highest BCUT2D eigenvalue weighted by Gasteiger charge is 2.27. The van der Waals surface area contributed by atoms with E-state index in [2.05, 4.69) is 55.6 Å². The molecule has 0 saturated carbocycles. The maximum atomic E-state index is 12.9. The second-order valence-electron chi connectivity index (χ2n) is 18.5. The topological polar surface area (TPSA) is 105 Å². The van der Waals surface area contributed by atoms with Crippen molar-refractivity contribution in [2.45, 2.75) is 238 Å². The number of rotatable bonds is 46. The van der Waals surface area contributed by atoms with Gasteiger partial charge in [0, 0.05) is 6.42 Å². The van der Waals surface area contributed by atoms with Gasteiger partial charge in [-0.25, -0.2) is 4.57 Å². The molecule has 358 valence electrons. The van der Waals surface area contributed by atoms with Gasteiger partial charge in [-0.3, -0.25) is 13.8 Å². The van der Waals surface area contributed by atoms with E-state index in [0.29, 0.717) is 17.4 Å². The predicted molar refractivity (Wildman–Crippen MR) is 263 cm³/mol. The van der Waals surface area contributed by atoms with Crippen molar-refractivity contribution >= 4 is 13.7 Å². The highest BCUT2D eigenvalue weighted by atomic mass is 31.2. The van der Waals surface area contributed by atoms with Gasteiger partial charge in [-0.2, -0.15) is 0 Å². The first-order valence-electron chi connectivity index (χ1n) is 25.5. The summed E-state index contributed by atoms with van der Waals surface area (Å²) in [5.74, 6) is -0.200. The number of nitrogens with one attached hydrogen (secondary N) is 1. The number of carbonyl (C=O) groups excluding carboxylic acids is 1. The highest BCUT2D eigenvalue weighted by molar-refractivity contribution is 7.47. The van der Waals surface area contributed by atoms with Crippen molar-refractivity contribution in [3.8, 4) is 0 Å². The number of nitrogens with zero attached hydrogens (tertiary/aromatic N) is 1. The number of phosphoric ester groups is 1. The molecule has 0 aromatic carbocycles. The van der Waals surface area contributed by atoms with Gasteiger partial charge in [0.1, 0.15) is 13.2 Å². The summed E-state index contributed by atoms with van der Waals surface area (Å²) in [5, 5.41) is 13.8. The molecule has 0 aromatic heterocycles. The smallest absolute Gasteiger partial charge is 0.387 e. The van der Waals surface area contributed by atoms with Gasteiger partial charge >= 0.3 is 7.82 Å². The molecule has 0 aliphatic rings. The normalized spacial score (nSPS) is 14.5. The van der Waals surface area contributed by atoms with E-state index in [9.17, 15) is 19.4 Å². The first-order valence-corrected chi connectivity index (χ1v) is 27.0. The summed E-state index contributed by atoms with van der Waals surface area (Å²) in [6.07, 6.45) is 56.3. The van der Waals surface area contributed by atoms with Crippen molar-refractivity contribution in [3.05, 3.63) is 48.6 Å². The molecule has 1 amide bonds. The molecular weight excluding hydrogens is 780 g/mol. The minimum atomic E-state index is -4.36. The number of aliphatic hydroxyl groups excluding tert-OH is 1. The van der Waals surface area contributed by atoms with Gasteiger partial charge in [0.05, 0.1) is 39.9 Å². The number of hydrogen-bond acceptors (Lipinski definition) is 5. The number of phosphoric acid groups is 1. The van der Waals surface area contributed by atoms with Crippen LogP contribution < -0.4 is 5.32 Å². The first-order chi connectivity index (χ1) is 29.5. The van der Waals surface area contributed by atoms with Crippen molar-refractivity contribution in [1.29, 1.82) is 0 Å². The summed E-state index contributed by atoms with van der Waals surface area (Å²) in [4.78, 5) is 23.2. The molecule has 0 saturated heterocycles. The van der Waals surface area contributed by atoms with Gasteiger partial charge in [-0.15, -0.1) is 0 Å². The number of amides is 1. The van der Waals surface area contributed by atoms with Crippen LogP contribution in [-0.4, -0.2) is 73.4 Å². The van der Waals surface area contributed by atoms with Gasteiger partial charge in [0.25, 0.3) is 0 Å². The molecule has 0 aromatic rings. The maximum Gasteiger partial charge on any atom is 0.472 e. The summed E-state index contributed by atoms with van der Waals surface area (Å²) in [5.41, 5.74) is 0. The number of quaternary nitrogens is 1. The molecule has 3 atom stereocenters. The zero-order valence-corrected chi connectivity index (χ0v) is 41.5. The minimum absolute atomic E-state index is 0.0512. The average Bonchev–Trinajstić information content (AvgIpc) is 3.21.